The van der Waals surface area contributed by atoms with Gasteiger partial charge < -0.3 is 4.74 Å². The SMILES string of the molecule is COCC12C=CC(CC1(C)C)C2. The van der Waals surface area contributed by atoms with Crippen molar-refractivity contribution in [1.82, 2.24) is 0 Å². The highest BCUT2D eigenvalue weighted by Crippen LogP contribution is 2.60. The molecule has 1 fully saturated rings. The minimum Gasteiger partial charge on any atom is -0.384 e. The zero-order valence-corrected chi connectivity index (χ0v) is 8.26. The highest BCUT2D eigenvalue weighted by Gasteiger charge is 2.53. The Balaban J connectivity index is 2.27. The molecule has 0 aromatic heterocycles. The highest BCUT2D eigenvalue weighted by molar-refractivity contribution is 5.21. The van der Waals surface area contributed by atoms with Gasteiger partial charge in [0.25, 0.3) is 0 Å². The van der Waals surface area contributed by atoms with Gasteiger partial charge in [0, 0.05) is 12.5 Å². The standard InChI is InChI=1S/C11H18O/c1-10(2)6-9-4-5-11(10,7-9)8-12-3/h4-5,9H,6-8H2,1-3H3. The Labute approximate surface area is 74.8 Å². The summed E-state index contributed by atoms with van der Waals surface area (Å²) in [7, 11) is 1.81. The van der Waals surface area contributed by atoms with Crippen LogP contribution < -0.4 is 0 Å². The molecule has 2 aliphatic carbocycles. The molecule has 0 aromatic rings. The van der Waals surface area contributed by atoms with Gasteiger partial charge in [0.1, 0.15) is 0 Å². The number of hydrogen-bond acceptors (Lipinski definition) is 1. The monoisotopic (exact) mass is 166 g/mol. The van der Waals surface area contributed by atoms with Gasteiger partial charge in [0.05, 0.1) is 6.61 Å². The molecule has 0 amide bonds. The largest absolute Gasteiger partial charge is 0.384 e. The first-order chi connectivity index (χ1) is 5.60. The topological polar surface area (TPSA) is 9.23 Å². The van der Waals surface area contributed by atoms with Crippen molar-refractivity contribution in [2.45, 2.75) is 26.7 Å². The average molecular weight is 166 g/mol. The second-order valence-electron chi connectivity index (χ2n) is 5.00. The van der Waals surface area contributed by atoms with Crippen LogP contribution in [0.5, 0.6) is 0 Å². The lowest BCUT2D eigenvalue weighted by molar-refractivity contribution is 0.0465. The van der Waals surface area contributed by atoms with Crippen molar-refractivity contribution in [2.24, 2.45) is 16.7 Å². The third-order valence-corrected chi connectivity index (χ3v) is 3.84. The minimum atomic E-state index is 0.354. The molecule has 0 N–H and O–H groups in total. The summed E-state index contributed by atoms with van der Waals surface area (Å²) < 4.78 is 5.33. The van der Waals surface area contributed by atoms with Gasteiger partial charge in [-0.1, -0.05) is 26.0 Å². The van der Waals surface area contributed by atoms with Crippen LogP contribution in [0.4, 0.5) is 0 Å². The summed E-state index contributed by atoms with van der Waals surface area (Å²) in [6.07, 6.45) is 7.43. The maximum atomic E-state index is 5.33. The zero-order valence-electron chi connectivity index (χ0n) is 8.26. The van der Waals surface area contributed by atoms with E-state index in [-0.39, 0.29) is 0 Å². The summed E-state index contributed by atoms with van der Waals surface area (Å²) in [4.78, 5) is 0. The van der Waals surface area contributed by atoms with Crippen LogP contribution in [-0.4, -0.2) is 13.7 Å². The van der Waals surface area contributed by atoms with E-state index >= 15 is 0 Å². The fourth-order valence-corrected chi connectivity index (χ4v) is 2.99. The van der Waals surface area contributed by atoms with Gasteiger partial charge in [-0.3, -0.25) is 0 Å². The summed E-state index contributed by atoms with van der Waals surface area (Å²) in [5, 5.41) is 0. The van der Waals surface area contributed by atoms with Gasteiger partial charge in [-0.15, -0.1) is 0 Å². The molecule has 1 saturated carbocycles. The molecular weight excluding hydrogens is 148 g/mol. The smallest absolute Gasteiger partial charge is 0.0558 e. The lowest BCUT2D eigenvalue weighted by atomic mass is 9.68. The van der Waals surface area contributed by atoms with Gasteiger partial charge >= 0.3 is 0 Å². The van der Waals surface area contributed by atoms with Crippen LogP contribution in [0.3, 0.4) is 0 Å². The third-order valence-electron chi connectivity index (χ3n) is 3.84. The number of ether oxygens (including phenoxy) is 1. The first-order valence-electron chi connectivity index (χ1n) is 4.78. The van der Waals surface area contributed by atoms with Crippen LogP contribution in [0, 0.1) is 16.7 Å². The van der Waals surface area contributed by atoms with Gasteiger partial charge in [0.15, 0.2) is 0 Å². The Kier molecular flexibility index (Phi) is 1.63. The first-order valence-corrected chi connectivity index (χ1v) is 4.78. The maximum absolute atomic E-state index is 5.33. The molecule has 0 aliphatic heterocycles. The van der Waals surface area contributed by atoms with Crippen molar-refractivity contribution in [1.29, 1.82) is 0 Å². The third kappa shape index (κ3) is 0.891. The molecule has 12 heavy (non-hydrogen) atoms. The Morgan fingerprint density at radius 3 is 2.58 bits per heavy atom. The quantitative estimate of drug-likeness (QED) is 0.573. The van der Waals surface area contributed by atoms with Crippen molar-refractivity contribution in [2.75, 3.05) is 13.7 Å². The predicted molar refractivity (Wildman–Crippen MR) is 50.0 cm³/mol. The number of hydrogen-bond donors (Lipinski definition) is 0. The molecule has 2 bridgehead atoms. The predicted octanol–water partition coefficient (Wildman–Crippen LogP) is 2.63. The second kappa shape index (κ2) is 2.35. The Morgan fingerprint density at radius 1 is 1.42 bits per heavy atom. The summed E-state index contributed by atoms with van der Waals surface area (Å²) in [5.74, 6) is 0.829. The van der Waals surface area contributed by atoms with E-state index in [1.54, 1.807) is 0 Å². The Hall–Kier alpha value is -0.300. The average Bonchev–Trinajstić information content (AvgIpc) is 2.42. The lowest BCUT2D eigenvalue weighted by Gasteiger charge is -2.38. The van der Waals surface area contributed by atoms with E-state index in [2.05, 4.69) is 26.0 Å². The summed E-state index contributed by atoms with van der Waals surface area (Å²) in [6.45, 7) is 5.64. The molecule has 2 atom stereocenters. The fraction of sp³-hybridized carbons (Fsp3) is 0.818. The summed E-state index contributed by atoms with van der Waals surface area (Å²) in [6, 6.07) is 0. The molecule has 1 heteroatoms. The summed E-state index contributed by atoms with van der Waals surface area (Å²) in [5.41, 5.74) is 0.800. The molecule has 0 aromatic carbocycles. The van der Waals surface area contributed by atoms with Crippen LogP contribution in [0.15, 0.2) is 12.2 Å². The van der Waals surface area contributed by atoms with E-state index in [1.807, 2.05) is 7.11 Å². The van der Waals surface area contributed by atoms with Crippen LogP contribution >= 0.6 is 0 Å². The van der Waals surface area contributed by atoms with Crippen LogP contribution in [0.25, 0.3) is 0 Å². The minimum absolute atomic E-state index is 0.354. The fourth-order valence-electron chi connectivity index (χ4n) is 2.99. The van der Waals surface area contributed by atoms with Crippen LogP contribution in [0.2, 0.25) is 0 Å². The van der Waals surface area contributed by atoms with E-state index in [0.717, 1.165) is 12.5 Å². The molecule has 0 spiro atoms. The molecule has 2 unspecified atom stereocenters. The van der Waals surface area contributed by atoms with E-state index in [9.17, 15) is 0 Å². The van der Waals surface area contributed by atoms with E-state index in [4.69, 9.17) is 4.74 Å². The van der Waals surface area contributed by atoms with Gasteiger partial charge in [-0.05, 0) is 24.2 Å². The number of fused-ring (bicyclic) bond motifs is 2. The number of rotatable bonds is 2. The lowest BCUT2D eigenvalue weighted by Crippen LogP contribution is -2.34. The van der Waals surface area contributed by atoms with Gasteiger partial charge in [-0.2, -0.15) is 0 Å². The van der Waals surface area contributed by atoms with Crippen molar-refractivity contribution in [3.8, 4) is 0 Å². The van der Waals surface area contributed by atoms with E-state index in [1.165, 1.54) is 12.8 Å². The van der Waals surface area contributed by atoms with Gasteiger partial charge in [-0.25, -0.2) is 0 Å². The molecule has 2 rings (SSSR count). The van der Waals surface area contributed by atoms with Crippen molar-refractivity contribution < 1.29 is 4.74 Å². The first kappa shape index (κ1) is 8.31. The maximum Gasteiger partial charge on any atom is 0.0558 e. The second-order valence-corrected chi connectivity index (χ2v) is 5.00. The number of allylic oxidation sites excluding steroid dienone is 1. The normalized spacial score (nSPS) is 42.4. The van der Waals surface area contributed by atoms with Crippen molar-refractivity contribution in [3.63, 3.8) is 0 Å². The summed E-state index contributed by atoms with van der Waals surface area (Å²) >= 11 is 0. The van der Waals surface area contributed by atoms with Crippen LogP contribution in [0.1, 0.15) is 26.7 Å². The van der Waals surface area contributed by atoms with E-state index in [0.29, 0.717) is 10.8 Å². The van der Waals surface area contributed by atoms with Crippen LogP contribution in [-0.2, 0) is 4.74 Å². The molecule has 68 valence electrons. The zero-order chi connectivity index (χ0) is 8.82. The molecule has 0 heterocycles. The molecule has 2 aliphatic rings. The van der Waals surface area contributed by atoms with Gasteiger partial charge in [0.2, 0.25) is 0 Å². The molecular formula is C11H18O. The Morgan fingerprint density at radius 2 is 2.17 bits per heavy atom. The number of methoxy groups -OCH3 is 1. The van der Waals surface area contributed by atoms with Crippen molar-refractivity contribution in [3.05, 3.63) is 12.2 Å². The van der Waals surface area contributed by atoms with Crippen molar-refractivity contribution >= 4 is 0 Å². The molecule has 0 radical (unpaired) electrons. The molecule has 0 saturated heterocycles. The van der Waals surface area contributed by atoms with E-state index < -0.39 is 0 Å². The Bertz CT molecular complexity index is 217. The molecule has 1 nitrogen and oxygen atoms in total. The highest BCUT2D eigenvalue weighted by atomic mass is 16.5.